The van der Waals surface area contributed by atoms with E-state index in [-0.39, 0.29) is 6.09 Å². The third-order valence-electron chi connectivity index (χ3n) is 3.32. The number of nitrogens with zero attached hydrogens (tertiary/aromatic N) is 2. The minimum atomic E-state index is -0.152. The molecule has 4 heteroatoms. The van der Waals surface area contributed by atoms with E-state index in [1.807, 2.05) is 11.8 Å². The van der Waals surface area contributed by atoms with Crippen molar-refractivity contribution in [1.29, 1.82) is 0 Å². The first-order valence-electron chi connectivity index (χ1n) is 6.38. The Morgan fingerprint density at radius 3 is 2.25 bits per heavy atom. The zero-order valence-corrected chi connectivity index (χ0v) is 10.7. The molecular formula is C12H24N2O2. The summed E-state index contributed by atoms with van der Waals surface area (Å²) in [5.74, 6) is 0. The smallest absolute Gasteiger partial charge is 0.409 e. The maximum Gasteiger partial charge on any atom is 0.409 e. The number of ether oxygens (including phenoxy) is 1. The van der Waals surface area contributed by atoms with E-state index in [2.05, 4.69) is 18.7 Å². The van der Waals surface area contributed by atoms with Crippen LogP contribution in [0.3, 0.4) is 0 Å². The van der Waals surface area contributed by atoms with Gasteiger partial charge in [-0.15, -0.1) is 0 Å². The number of amides is 1. The summed E-state index contributed by atoms with van der Waals surface area (Å²) in [5.41, 5.74) is 0. The Morgan fingerprint density at radius 1 is 1.25 bits per heavy atom. The quantitative estimate of drug-likeness (QED) is 0.737. The summed E-state index contributed by atoms with van der Waals surface area (Å²) in [7, 11) is 0. The van der Waals surface area contributed by atoms with Gasteiger partial charge in [-0.25, -0.2) is 4.79 Å². The minimum absolute atomic E-state index is 0.152. The van der Waals surface area contributed by atoms with Gasteiger partial charge in [0.25, 0.3) is 0 Å². The lowest BCUT2D eigenvalue weighted by Gasteiger charge is -2.37. The van der Waals surface area contributed by atoms with Crippen molar-refractivity contribution in [2.45, 2.75) is 39.7 Å². The molecule has 0 saturated carbocycles. The SMILES string of the molecule is CCOC(=O)N1CCC(N(CC)CC)CC1. The van der Waals surface area contributed by atoms with Crippen LogP contribution < -0.4 is 0 Å². The van der Waals surface area contributed by atoms with Gasteiger partial charge >= 0.3 is 6.09 Å². The van der Waals surface area contributed by atoms with Gasteiger partial charge in [-0.1, -0.05) is 13.8 Å². The number of hydrogen-bond acceptors (Lipinski definition) is 3. The van der Waals surface area contributed by atoms with Crippen LogP contribution in [0.4, 0.5) is 4.79 Å². The van der Waals surface area contributed by atoms with Gasteiger partial charge in [-0.2, -0.15) is 0 Å². The maximum absolute atomic E-state index is 11.5. The highest BCUT2D eigenvalue weighted by atomic mass is 16.6. The molecule has 1 rings (SSSR count). The van der Waals surface area contributed by atoms with Crippen molar-refractivity contribution in [2.75, 3.05) is 32.8 Å². The van der Waals surface area contributed by atoms with Crippen molar-refractivity contribution in [2.24, 2.45) is 0 Å². The molecule has 0 aromatic rings. The second kappa shape index (κ2) is 6.74. The molecule has 1 amide bonds. The van der Waals surface area contributed by atoms with Crippen LogP contribution >= 0.6 is 0 Å². The number of likely N-dealkylation sites (tertiary alicyclic amines) is 1. The van der Waals surface area contributed by atoms with E-state index in [0.717, 1.165) is 39.0 Å². The van der Waals surface area contributed by atoms with Crippen LogP contribution in [-0.2, 0) is 4.74 Å². The van der Waals surface area contributed by atoms with Gasteiger partial charge in [-0.05, 0) is 32.9 Å². The largest absolute Gasteiger partial charge is 0.450 e. The van der Waals surface area contributed by atoms with Crippen molar-refractivity contribution in [3.8, 4) is 0 Å². The van der Waals surface area contributed by atoms with Crippen LogP contribution in [0.5, 0.6) is 0 Å². The van der Waals surface area contributed by atoms with Crippen LogP contribution in [0, 0.1) is 0 Å². The van der Waals surface area contributed by atoms with Gasteiger partial charge in [0.05, 0.1) is 6.61 Å². The lowest BCUT2D eigenvalue weighted by molar-refractivity contribution is 0.0775. The first kappa shape index (κ1) is 13.3. The fraction of sp³-hybridized carbons (Fsp3) is 0.917. The molecule has 1 heterocycles. The molecule has 94 valence electrons. The second-order valence-electron chi connectivity index (χ2n) is 4.14. The first-order chi connectivity index (χ1) is 7.72. The number of rotatable bonds is 4. The number of carbonyl (C=O) groups excluding carboxylic acids is 1. The molecule has 0 aromatic carbocycles. The fourth-order valence-corrected chi connectivity index (χ4v) is 2.37. The molecule has 0 bridgehead atoms. The van der Waals surface area contributed by atoms with Gasteiger partial charge in [0.15, 0.2) is 0 Å². The zero-order chi connectivity index (χ0) is 12.0. The molecular weight excluding hydrogens is 204 g/mol. The summed E-state index contributed by atoms with van der Waals surface area (Å²) < 4.78 is 5.00. The maximum atomic E-state index is 11.5. The third-order valence-corrected chi connectivity index (χ3v) is 3.32. The van der Waals surface area contributed by atoms with E-state index in [9.17, 15) is 4.79 Å². The van der Waals surface area contributed by atoms with Crippen molar-refractivity contribution in [3.63, 3.8) is 0 Å². The standard InChI is InChI=1S/C12H24N2O2/c1-4-13(5-2)11-7-9-14(10-8-11)12(15)16-6-3/h11H,4-10H2,1-3H3. The van der Waals surface area contributed by atoms with Gasteiger partial charge < -0.3 is 14.5 Å². The molecule has 0 N–H and O–H groups in total. The van der Waals surface area contributed by atoms with Crippen molar-refractivity contribution in [3.05, 3.63) is 0 Å². The normalized spacial score (nSPS) is 17.9. The molecule has 4 nitrogen and oxygen atoms in total. The van der Waals surface area contributed by atoms with Crippen molar-refractivity contribution >= 4 is 6.09 Å². The van der Waals surface area contributed by atoms with Crippen LogP contribution in [0.25, 0.3) is 0 Å². The summed E-state index contributed by atoms with van der Waals surface area (Å²) in [4.78, 5) is 15.8. The summed E-state index contributed by atoms with van der Waals surface area (Å²) in [5, 5.41) is 0. The van der Waals surface area contributed by atoms with Gasteiger partial charge in [0, 0.05) is 19.1 Å². The average molecular weight is 228 g/mol. The Bertz CT molecular complexity index is 209. The number of piperidine rings is 1. The number of hydrogen-bond donors (Lipinski definition) is 0. The second-order valence-corrected chi connectivity index (χ2v) is 4.14. The molecule has 1 aliphatic rings. The molecule has 0 aliphatic carbocycles. The topological polar surface area (TPSA) is 32.8 Å². The monoisotopic (exact) mass is 228 g/mol. The van der Waals surface area contributed by atoms with E-state index < -0.39 is 0 Å². The Kier molecular flexibility index (Phi) is 5.60. The molecule has 1 aliphatic heterocycles. The van der Waals surface area contributed by atoms with E-state index in [1.165, 1.54) is 0 Å². The predicted octanol–water partition coefficient (Wildman–Crippen LogP) is 1.95. The van der Waals surface area contributed by atoms with Gasteiger partial charge in [-0.3, -0.25) is 0 Å². The van der Waals surface area contributed by atoms with E-state index >= 15 is 0 Å². The molecule has 0 spiro atoms. The minimum Gasteiger partial charge on any atom is -0.450 e. The van der Waals surface area contributed by atoms with Gasteiger partial charge in [0.1, 0.15) is 0 Å². The van der Waals surface area contributed by atoms with E-state index in [4.69, 9.17) is 4.74 Å². The Labute approximate surface area is 98.5 Å². The Morgan fingerprint density at radius 2 is 1.81 bits per heavy atom. The number of carbonyl (C=O) groups is 1. The summed E-state index contributed by atoms with van der Waals surface area (Å²) >= 11 is 0. The van der Waals surface area contributed by atoms with Crippen molar-refractivity contribution < 1.29 is 9.53 Å². The molecule has 16 heavy (non-hydrogen) atoms. The highest BCUT2D eigenvalue weighted by molar-refractivity contribution is 5.67. The highest BCUT2D eigenvalue weighted by Crippen LogP contribution is 2.16. The van der Waals surface area contributed by atoms with E-state index in [1.54, 1.807) is 0 Å². The predicted molar refractivity (Wildman–Crippen MR) is 64.5 cm³/mol. The molecule has 0 radical (unpaired) electrons. The fourth-order valence-electron chi connectivity index (χ4n) is 2.37. The van der Waals surface area contributed by atoms with Crippen LogP contribution in [0.15, 0.2) is 0 Å². The zero-order valence-electron chi connectivity index (χ0n) is 10.7. The highest BCUT2D eigenvalue weighted by Gasteiger charge is 2.25. The van der Waals surface area contributed by atoms with Crippen LogP contribution in [0.1, 0.15) is 33.6 Å². The summed E-state index contributed by atoms with van der Waals surface area (Å²) in [6.07, 6.45) is 1.99. The molecule has 0 aromatic heterocycles. The lowest BCUT2D eigenvalue weighted by atomic mass is 10.0. The Balaban J connectivity index is 2.35. The summed E-state index contributed by atoms with van der Waals surface area (Å²) in [6.45, 7) is 10.6. The average Bonchev–Trinajstić information content (AvgIpc) is 2.32. The molecule has 1 saturated heterocycles. The summed E-state index contributed by atoms with van der Waals surface area (Å²) in [6, 6.07) is 0.640. The van der Waals surface area contributed by atoms with E-state index in [0.29, 0.717) is 12.6 Å². The third kappa shape index (κ3) is 3.37. The molecule has 1 fully saturated rings. The van der Waals surface area contributed by atoms with Crippen molar-refractivity contribution in [1.82, 2.24) is 9.80 Å². The van der Waals surface area contributed by atoms with Crippen LogP contribution in [-0.4, -0.2) is 54.7 Å². The van der Waals surface area contributed by atoms with Crippen LogP contribution in [0.2, 0.25) is 0 Å². The lowest BCUT2D eigenvalue weighted by Crippen LogP contribution is -2.46. The molecule has 0 unspecified atom stereocenters. The molecule has 0 atom stereocenters. The Hall–Kier alpha value is -0.770. The van der Waals surface area contributed by atoms with Gasteiger partial charge in [0.2, 0.25) is 0 Å². The first-order valence-corrected chi connectivity index (χ1v) is 6.38.